The Morgan fingerprint density at radius 3 is 2.92 bits per heavy atom. The molecular weight excluding hydrogens is 164 g/mol. The van der Waals surface area contributed by atoms with E-state index in [4.69, 9.17) is 5.73 Å². The molecule has 1 rings (SSSR count). The van der Waals surface area contributed by atoms with Gasteiger partial charge in [-0.15, -0.1) is 0 Å². The maximum absolute atomic E-state index is 11.5. The van der Waals surface area contributed by atoms with Crippen LogP contribution >= 0.6 is 0 Å². The normalized spacial score (nSPS) is 24.2. The Morgan fingerprint density at radius 1 is 1.62 bits per heavy atom. The molecule has 0 bridgehead atoms. The fraction of sp³-hybridized carbons (Fsp3) is 0.900. The van der Waals surface area contributed by atoms with Crippen molar-refractivity contribution in [2.45, 2.75) is 39.2 Å². The zero-order chi connectivity index (χ0) is 9.84. The Morgan fingerprint density at radius 2 is 2.31 bits per heavy atom. The molecule has 1 amide bonds. The Bertz CT molecular complexity index is 180. The lowest BCUT2D eigenvalue weighted by Crippen LogP contribution is -2.48. The van der Waals surface area contributed by atoms with Gasteiger partial charge in [0.2, 0.25) is 5.91 Å². The summed E-state index contributed by atoms with van der Waals surface area (Å²) in [4.78, 5) is 13.4. The molecule has 0 aromatic heterocycles. The topological polar surface area (TPSA) is 46.3 Å². The highest BCUT2D eigenvalue weighted by Crippen LogP contribution is 2.11. The number of carbonyl (C=O) groups is 1. The lowest BCUT2D eigenvalue weighted by Gasteiger charge is -2.30. The van der Waals surface area contributed by atoms with Crippen molar-refractivity contribution in [1.29, 1.82) is 0 Å². The summed E-state index contributed by atoms with van der Waals surface area (Å²) in [5.41, 5.74) is 5.68. The number of piperidine rings is 1. The summed E-state index contributed by atoms with van der Waals surface area (Å²) < 4.78 is 0. The number of nitrogens with zero attached hydrogens (tertiary/aromatic N) is 1. The van der Waals surface area contributed by atoms with Gasteiger partial charge in [0.1, 0.15) is 0 Å². The lowest BCUT2D eigenvalue weighted by molar-refractivity contribution is -0.135. The molecule has 0 aliphatic carbocycles. The van der Waals surface area contributed by atoms with Crippen LogP contribution < -0.4 is 5.73 Å². The summed E-state index contributed by atoms with van der Waals surface area (Å²) >= 11 is 0. The van der Waals surface area contributed by atoms with Gasteiger partial charge >= 0.3 is 0 Å². The van der Waals surface area contributed by atoms with E-state index < -0.39 is 0 Å². The molecule has 76 valence electrons. The average Bonchev–Trinajstić information content (AvgIpc) is 2.07. The quantitative estimate of drug-likeness (QED) is 0.710. The fourth-order valence-electron chi connectivity index (χ4n) is 1.61. The number of hydrogen-bond acceptors (Lipinski definition) is 2. The van der Waals surface area contributed by atoms with Crippen LogP contribution in [0.3, 0.4) is 0 Å². The van der Waals surface area contributed by atoms with Gasteiger partial charge in [-0.1, -0.05) is 13.8 Å². The molecule has 0 aromatic carbocycles. The molecule has 1 heterocycles. The Kier molecular flexibility index (Phi) is 3.72. The smallest absolute Gasteiger partial charge is 0.239 e. The van der Waals surface area contributed by atoms with E-state index in [2.05, 4.69) is 13.8 Å². The predicted octanol–water partition coefficient (Wildman–Crippen LogP) is 0.982. The molecule has 3 heteroatoms. The third-order valence-corrected chi connectivity index (χ3v) is 2.55. The van der Waals surface area contributed by atoms with Gasteiger partial charge < -0.3 is 10.6 Å². The highest BCUT2D eigenvalue weighted by molar-refractivity contribution is 5.82. The van der Waals surface area contributed by atoms with Crippen molar-refractivity contribution in [2.24, 2.45) is 11.7 Å². The van der Waals surface area contributed by atoms with Gasteiger partial charge in [0.25, 0.3) is 0 Å². The van der Waals surface area contributed by atoms with Crippen molar-refractivity contribution >= 4 is 5.91 Å². The van der Waals surface area contributed by atoms with E-state index in [9.17, 15) is 4.79 Å². The first kappa shape index (κ1) is 10.5. The number of amides is 1. The van der Waals surface area contributed by atoms with Crippen LogP contribution in [0.2, 0.25) is 0 Å². The van der Waals surface area contributed by atoms with Crippen molar-refractivity contribution < 1.29 is 4.79 Å². The largest absolute Gasteiger partial charge is 0.341 e. The van der Waals surface area contributed by atoms with E-state index in [1.807, 2.05) is 4.90 Å². The van der Waals surface area contributed by atoms with Crippen LogP contribution in [0, 0.1) is 5.92 Å². The van der Waals surface area contributed by atoms with Crippen molar-refractivity contribution in [2.75, 3.05) is 13.1 Å². The number of rotatable bonds is 3. The predicted molar refractivity (Wildman–Crippen MR) is 53.2 cm³/mol. The number of likely N-dealkylation sites (tertiary alicyclic amines) is 1. The molecule has 13 heavy (non-hydrogen) atoms. The molecule has 3 nitrogen and oxygen atoms in total. The fourth-order valence-corrected chi connectivity index (χ4v) is 1.61. The second-order valence-corrected chi connectivity index (χ2v) is 4.26. The van der Waals surface area contributed by atoms with E-state index in [1.165, 1.54) is 0 Å². The molecule has 0 saturated carbocycles. The van der Waals surface area contributed by atoms with E-state index >= 15 is 0 Å². The van der Waals surface area contributed by atoms with Crippen LogP contribution in [0.15, 0.2) is 0 Å². The third kappa shape index (κ3) is 2.99. The number of nitrogens with two attached hydrogens (primary N) is 1. The van der Waals surface area contributed by atoms with Crippen LogP contribution in [0.4, 0.5) is 0 Å². The lowest BCUT2D eigenvalue weighted by atomic mass is 10.0. The molecule has 1 fully saturated rings. The van der Waals surface area contributed by atoms with Crippen molar-refractivity contribution in [1.82, 2.24) is 4.90 Å². The summed E-state index contributed by atoms with van der Waals surface area (Å²) in [7, 11) is 0. The summed E-state index contributed by atoms with van der Waals surface area (Å²) in [5.74, 6) is 0.804. The van der Waals surface area contributed by atoms with E-state index in [-0.39, 0.29) is 11.9 Å². The molecule has 0 spiro atoms. The molecule has 1 saturated heterocycles. The molecule has 0 radical (unpaired) electrons. The molecule has 1 aliphatic rings. The first-order valence-electron chi connectivity index (χ1n) is 5.15. The number of hydrogen-bond donors (Lipinski definition) is 1. The second kappa shape index (κ2) is 4.61. The van der Waals surface area contributed by atoms with Gasteiger partial charge in [-0.2, -0.15) is 0 Å². The van der Waals surface area contributed by atoms with Crippen molar-refractivity contribution in [3.8, 4) is 0 Å². The van der Waals surface area contributed by atoms with Gasteiger partial charge in [0.15, 0.2) is 0 Å². The first-order valence-corrected chi connectivity index (χ1v) is 5.15. The second-order valence-electron chi connectivity index (χ2n) is 4.26. The SMILES string of the molecule is CC(C)CCN1CCCC(N)C1=O. The zero-order valence-electron chi connectivity index (χ0n) is 8.62. The van der Waals surface area contributed by atoms with Gasteiger partial charge in [0.05, 0.1) is 6.04 Å². The summed E-state index contributed by atoms with van der Waals surface area (Å²) in [6, 6.07) is -0.235. The van der Waals surface area contributed by atoms with Crippen LogP contribution in [0.5, 0.6) is 0 Å². The highest BCUT2D eigenvalue weighted by atomic mass is 16.2. The highest BCUT2D eigenvalue weighted by Gasteiger charge is 2.24. The van der Waals surface area contributed by atoms with Crippen LogP contribution in [0.25, 0.3) is 0 Å². The molecular formula is C10H20N2O. The monoisotopic (exact) mass is 184 g/mol. The molecule has 1 unspecified atom stereocenters. The minimum Gasteiger partial charge on any atom is -0.341 e. The Balaban J connectivity index is 2.35. The van der Waals surface area contributed by atoms with E-state index in [0.29, 0.717) is 5.92 Å². The summed E-state index contributed by atoms with van der Waals surface area (Å²) in [5, 5.41) is 0. The maximum Gasteiger partial charge on any atom is 0.239 e. The van der Waals surface area contributed by atoms with Crippen molar-refractivity contribution in [3.63, 3.8) is 0 Å². The summed E-state index contributed by atoms with van der Waals surface area (Å²) in [6.07, 6.45) is 3.00. The number of carbonyl (C=O) groups excluding carboxylic acids is 1. The van der Waals surface area contributed by atoms with Crippen LogP contribution in [0.1, 0.15) is 33.1 Å². The van der Waals surface area contributed by atoms with Gasteiger partial charge in [-0.25, -0.2) is 0 Å². The molecule has 2 N–H and O–H groups in total. The Labute approximate surface area is 80.3 Å². The first-order chi connectivity index (χ1) is 6.11. The van der Waals surface area contributed by atoms with Gasteiger partial charge in [-0.05, 0) is 25.2 Å². The van der Waals surface area contributed by atoms with Gasteiger partial charge in [0, 0.05) is 13.1 Å². The zero-order valence-corrected chi connectivity index (χ0v) is 8.62. The maximum atomic E-state index is 11.5. The standard InChI is InChI=1S/C10H20N2O/c1-8(2)5-7-12-6-3-4-9(11)10(12)13/h8-9H,3-7,11H2,1-2H3. The van der Waals surface area contributed by atoms with E-state index in [0.717, 1.165) is 32.4 Å². The molecule has 1 aliphatic heterocycles. The van der Waals surface area contributed by atoms with Crippen LogP contribution in [-0.4, -0.2) is 29.9 Å². The molecule has 1 atom stereocenters. The summed E-state index contributed by atoms with van der Waals surface area (Å²) in [6.45, 7) is 6.13. The van der Waals surface area contributed by atoms with E-state index in [1.54, 1.807) is 0 Å². The third-order valence-electron chi connectivity index (χ3n) is 2.55. The van der Waals surface area contributed by atoms with Gasteiger partial charge in [-0.3, -0.25) is 4.79 Å². The van der Waals surface area contributed by atoms with Crippen molar-refractivity contribution in [3.05, 3.63) is 0 Å². The Hall–Kier alpha value is -0.570. The average molecular weight is 184 g/mol. The minimum atomic E-state index is -0.235. The van der Waals surface area contributed by atoms with Crippen LogP contribution in [-0.2, 0) is 4.79 Å². The molecule has 0 aromatic rings. The minimum absolute atomic E-state index is 0.145.